The summed E-state index contributed by atoms with van der Waals surface area (Å²) in [5.74, 6) is -0.481. The molecule has 0 unspecified atom stereocenters. The van der Waals surface area contributed by atoms with Gasteiger partial charge in [0.2, 0.25) is 5.82 Å². The van der Waals surface area contributed by atoms with Crippen LogP contribution in [0.2, 0.25) is 5.02 Å². The lowest BCUT2D eigenvalue weighted by atomic mass is 10.2. The Morgan fingerprint density at radius 2 is 2.04 bits per heavy atom. The molecule has 0 aliphatic carbocycles. The van der Waals surface area contributed by atoms with Crippen LogP contribution in [0.1, 0.15) is 6.92 Å². The molecule has 0 fully saturated rings. The number of pyridine rings is 1. The number of nitrogens with two attached hydrogens (primary N) is 1. The topological polar surface area (TPSA) is 137 Å². The molecular formula is C14H13ClN5O4-. The van der Waals surface area contributed by atoms with Gasteiger partial charge in [0.1, 0.15) is 17.6 Å². The molecule has 0 radical (unpaired) electrons. The summed E-state index contributed by atoms with van der Waals surface area (Å²) < 4.78 is 0. The fourth-order valence-corrected chi connectivity index (χ4v) is 2.17. The third kappa shape index (κ3) is 3.63. The number of nitro groups is 1. The quantitative estimate of drug-likeness (QED) is 0.622. The van der Waals surface area contributed by atoms with E-state index in [-0.39, 0.29) is 18.1 Å². The van der Waals surface area contributed by atoms with Crippen molar-refractivity contribution in [2.45, 2.75) is 6.92 Å². The summed E-state index contributed by atoms with van der Waals surface area (Å²) in [6.45, 7) is 1.62. The second-order valence-corrected chi connectivity index (χ2v) is 5.10. The van der Waals surface area contributed by atoms with Crippen LogP contribution >= 0.6 is 11.6 Å². The van der Waals surface area contributed by atoms with E-state index in [0.717, 1.165) is 4.90 Å². The van der Waals surface area contributed by atoms with Crippen molar-refractivity contribution in [1.82, 2.24) is 4.98 Å². The third-order valence-electron chi connectivity index (χ3n) is 3.13. The first kappa shape index (κ1) is 17.3. The highest BCUT2D eigenvalue weighted by Crippen LogP contribution is 2.35. The Balaban J connectivity index is 2.53. The molecule has 0 atom stereocenters. The Hall–Kier alpha value is -3.07. The summed E-state index contributed by atoms with van der Waals surface area (Å²) in [7, 11) is 0. The largest absolute Gasteiger partial charge is 0.530 e. The molecular weight excluding hydrogens is 338 g/mol. The third-order valence-corrected chi connectivity index (χ3v) is 3.38. The van der Waals surface area contributed by atoms with Crippen LogP contribution in [-0.2, 0) is 0 Å². The van der Waals surface area contributed by atoms with Crippen molar-refractivity contribution in [2.24, 2.45) is 0 Å². The molecule has 0 bridgehead atoms. The number of benzene rings is 1. The number of rotatable bonds is 5. The molecule has 2 rings (SSSR count). The minimum absolute atomic E-state index is 0.00419. The van der Waals surface area contributed by atoms with E-state index in [0.29, 0.717) is 10.7 Å². The van der Waals surface area contributed by atoms with E-state index in [9.17, 15) is 20.0 Å². The maximum atomic E-state index is 11.3. The predicted molar refractivity (Wildman–Crippen MR) is 88.5 cm³/mol. The average Bonchev–Trinajstić information content (AvgIpc) is 2.49. The number of nitrogen functional groups attached to an aromatic ring is 1. The van der Waals surface area contributed by atoms with Crippen LogP contribution in [0.5, 0.6) is 0 Å². The van der Waals surface area contributed by atoms with E-state index in [1.807, 2.05) is 0 Å². The molecule has 0 aliphatic rings. The molecule has 2 aromatic rings. The summed E-state index contributed by atoms with van der Waals surface area (Å²) in [5, 5.41) is 25.7. The van der Waals surface area contributed by atoms with Crippen LogP contribution < -0.4 is 21.1 Å². The van der Waals surface area contributed by atoms with E-state index in [1.54, 1.807) is 31.2 Å². The van der Waals surface area contributed by atoms with Crippen LogP contribution in [0.15, 0.2) is 30.3 Å². The lowest BCUT2D eigenvalue weighted by Crippen LogP contribution is -2.41. The van der Waals surface area contributed by atoms with E-state index < -0.39 is 22.5 Å². The number of nitrogens with one attached hydrogen (secondary N) is 1. The van der Waals surface area contributed by atoms with Crippen LogP contribution in [-0.4, -0.2) is 22.5 Å². The summed E-state index contributed by atoms with van der Waals surface area (Å²) in [6.07, 6.45) is -1.49. The van der Waals surface area contributed by atoms with Gasteiger partial charge in [0, 0.05) is 23.3 Å². The number of halogens is 1. The monoisotopic (exact) mass is 350 g/mol. The van der Waals surface area contributed by atoms with Crippen molar-refractivity contribution in [3.63, 3.8) is 0 Å². The molecule has 1 aromatic carbocycles. The van der Waals surface area contributed by atoms with Crippen LogP contribution in [0.25, 0.3) is 0 Å². The average molecular weight is 351 g/mol. The van der Waals surface area contributed by atoms with Gasteiger partial charge in [-0.15, -0.1) is 0 Å². The summed E-state index contributed by atoms with van der Waals surface area (Å²) >= 11 is 5.80. The second kappa shape index (κ2) is 7.01. The van der Waals surface area contributed by atoms with Crippen molar-refractivity contribution in [3.8, 4) is 0 Å². The maximum Gasteiger partial charge on any atom is 0.334 e. The van der Waals surface area contributed by atoms with Gasteiger partial charge in [0.05, 0.1) is 4.92 Å². The standard InChI is InChI=1S/C14H14ClN5O4/c1-2-19(14(21)22)11-7-10(12(20(23)24)13(16)18-11)17-9-5-3-8(15)4-6-9/h3-7H,2H2,1H3,(H,21,22)(H3,16,17,18)/p-1. The van der Waals surface area contributed by atoms with Crippen molar-refractivity contribution in [1.29, 1.82) is 0 Å². The number of carbonyl (C=O) groups excluding carboxylic acids is 1. The molecule has 3 N–H and O–H groups in total. The van der Waals surface area contributed by atoms with E-state index in [2.05, 4.69) is 10.3 Å². The number of anilines is 4. The molecule has 24 heavy (non-hydrogen) atoms. The van der Waals surface area contributed by atoms with E-state index >= 15 is 0 Å². The molecule has 1 amide bonds. The van der Waals surface area contributed by atoms with Crippen molar-refractivity contribution in [2.75, 3.05) is 22.5 Å². The normalized spacial score (nSPS) is 10.2. The highest BCUT2D eigenvalue weighted by Gasteiger charge is 2.23. The van der Waals surface area contributed by atoms with Gasteiger partial charge in [-0.25, -0.2) is 4.98 Å². The number of hydrogen-bond acceptors (Lipinski definition) is 7. The van der Waals surface area contributed by atoms with Crippen LogP contribution in [0.3, 0.4) is 0 Å². The lowest BCUT2D eigenvalue weighted by molar-refractivity contribution is -0.383. The van der Waals surface area contributed by atoms with Gasteiger partial charge in [-0.3, -0.25) is 10.1 Å². The van der Waals surface area contributed by atoms with Gasteiger partial charge in [0.25, 0.3) is 0 Å². The van der Waals surface area contributed by atoms with Crippen molar-refractivity contribution in [3.05, 3.63) is 45.5 Å². The van der Waals surface area contributed by atoms with Gasteiger partial charge in [-0.2, -0.15) is 0 Å². The number of hydrogen-bond donors (Lipinski definition) is 2. The highest BCUT2D eigenvalue weighted by atomic mass is 35.5. The van der Waals surface area contributed by atoms with E-state index in [1.165, 1.54) is 6.07 Å². The summed E-state index contributed by atoms with van der Waals surface area (Å²) in [5.41, 5.74) is 5.70. The summed E-state index contributed by atoms with van der Waals surface area (Å²) in [4.78, 5) is 26.3. The molecule has 0 aliphatic heterocycles. The SMILES string of the molecule is CCN(C(=O)[O-])c1cc(Nc2ccc(Cl)cc2)c([N+](=O)[O-])c(N)n1. The molecule has 0 spiro atoms. The fourth-order valence-electron chi connectivity index (χ4n) is 2.04. The molecule has 126 valence electrons. The smallest absolute Gasteiger partial charge is 0.334 e. The fraction of sp³-hybridized carbons (Fsp3) is 0.143. The highest BCUT2D eigenvalue weighted by molar-refractivity contribution is 6.30. The van der Waals surface area contributed by atoms with E-state index in [4.69, 9.17) is 17.3 Å². The first-order valence-corrected chi connectivity index (χ1v) is 7.17. The van der Waals surface area contributed by atoms with Crippen molar-refractivity contribution >= 4 is 46.4 Å². The summed E-state index contributed by atoms with van der Waals surface area (Å²) in [6, 6.07) is 7.64. The second-order valence-electron chi connectivity index (χ2n) is 4.66. The molecule has 1 heterocycles. The minimum Gasteiger partial charge on any atom is -0.530 e. The zero-order chi connectivity index (χ0) is 17.9. The van der Waals surface area contributed by atoms with Crippen LogP contribution in [0, 0.1) is 10.1 Å². The Bertz CT molecular complexity index is 781. The first-order valence-electron chi connectivity index (χ1n) is 6.79. The zero-order valence-corrected chi connectivity index (χ0v) is 13.3. The zero-order valence-electron chi connectivity index (χ0n) is 12.5. The van der Waals surface area contributed by atoms with Gasteiger partial charge in [-0.05, 0) is 31.2 Å². The number of amides is 1. The van der Waals surface area contributed by atoms with Crippen LogP contribution in [0.4, 0.5) is 33.5 Å². The maximum absolute atomic E-state index is 11.3. The number of carboxylic acid groups (broad SMARTS) is 1. The molecule has 9 nitrogen and oxygen atoms in total. The number of carbonyl (C=O) groups is 1. The van der Waals surface area contributed by atoms with Gasteiger partial charge in [0.15, 0.2) is 0 Å². The Labute approximate surface area is 141 Å². The predicted octanol–water partition coefficient (Wildman–Crippen LogP) is 2.14. The molecule has 10 heteroatoms. The Morgan fingerprint density at radius 3 is 2.54 bits per heavy atom. The van der Waals surface area contributed by atoms with Gasteiger partial charge >= 0.3 is 5.69 Å². The Kier molecular flexibility index (Phi) is 5.05. The number of aromatic nitrogens is 1. The van der Waals surface area contributed by atoms with Gasteiger partial charge in [-0.1, -0.05) is 11.6 Å². The molecule has 0 saturated heterocycles. The minimum atomic E-state index is -1.49. The van der Waals surface area contributed by atoms with Crippen molar-refractivity contribution < 1.29 is 14.8 Å². The number of nitrogens with zero attached hydrogens (tertiary/aromatic N) is 3. The Morgan fingerprint density at radius 1 is 1.42 bits per heavy atom. The molecule has 0 saturated carbocycles. The van der Waals surface area contributed by atoms with Gasteiger partial charge < -0.3 is 25.9 Å². The lowest BCUT2D eigenvalue weighted by Gasteiger charge is -2.23. The molecule has 1 aromatic heterocycles. The first-order chi connectivity index (χ1) is 11.3.